The Hall–Kier alpha value is -1.42. The predicted molar refractivity (Wildman–Crippen MR) is 53.4 cm³/mol. The molecule has 0 radical (unpaired) electrons. The summed E-state index contributed by atoms with van der Waals surface area (Å²) in [5.41, 5.74) is 3.20. The minimum absolute atomic E-state index is 0.301. The molecule has 0 amide bonds. The Morgan fingerprint density at radius 1 is 1.60 bits per heavy atom. The molecule has 1 aliphatic heterocycles. The zero-order chi connectivity index (χ0) is 10.8. The van der Waals surface area contributed by atoms with E-state index < -0.39 is 0 Å². The highest BCUT2D eigenvalue weighted by molar-refractivity contribution is 5.92. The molecule has 0 aromatic carbocycles. The van der Waals surface area contributed by atoms with E-state index in [9.17, 15) is 4.79 Å². The van der Waals surface area contributed by atoms with Crippen molar-refractivity contribution in [3.63, 3.8) is 0 Å². The first-order chi connectivity index (χ1) is 7.24. The Kier molecular flexibility index (Phi) is 2.68. The highest BCUT2D eigenvalue weighted by Gasteiger charge is 2.23. The number of aromatic nitrogens is 1. The summed E-state index contributed by atoms with van der Waals surface area (Å²) < 4.78 is 10.3. The number of carbonyl (C=O) groups is 1. The lowest BCUT2D eigenvalue weighted by Crippen LogP contribution is -2.11. The van der Waals surface area contributed by atoms with Crippen molar-refractivity contribution in [2.24, 2.45) is 0 Å². The molecule has 0 saturated carbocycles. The predicted octanol–water partition coefficient (Wildman–Crippen LogP) is 1.60. The first kappa shape index (κ1) is 10.1. The normalized spacial score (nSPS) is 13.7. The van der Waals surface area contributed by atoms with Crippen molar-refractivity contribution in [2.45, 2.75) is 27.1 Å². The number of rotatable bonds is 2. The molecule has 0 aliphatic carbocycles. The van der Waals surface area contributed by atoms with E-state index in [4.69, 9.17) is 9.47 Å². The van der Waals surface area contributed by atoms with Crippen LogP contribution in [-0.2, 0) is 22.7 Å². The maximum atomic E-state index is 11.7. The van der Waals surface area contributed by atoms with Crippen molar-refractivity contribution in [2.75, 3.05) is 6.61 Å². The van der Waals surface area contributed by atoms with Gasteiger partial charge >= 0.3 is 5.97 Å². The Balaban J connectivity index is 2.45. The molecule has 2 rings (SSSR count). The van der Waals surface area contributed by atoms with Crippen molar-refractivity contribution in [1.29, 1.82) is 0 Å². The molecule has 0 spiro atoms. The molecule has 1 aliphatic rings. The van der Waals surface area contributed by atoms with E-state index in [1.807, 2.05) is 6.92 Å². The van der Waals surface area contributed by atoms with Crippen LogP contribution in [0.5, 0.6) is 0 Å². The summed E-state index contributed by atoms with van der Waals surface area (Å²) in [6.07, 6.45) is 1.76. The molecule has 80 valence electrons. The van der Waals surface area contributed by atoms with Gasteiger partial charge in [0.25, 0.3) is 0 Å². The van der Waals surface area contributed by atoms with Crippen LogP contribution in [0.1, 0.15) is 34.1 Å². The van der Waals surface area contributed by atoms with Gasteiger partial charge in [0, 0.05) is 17.3 Å². The van der Waals surface area contributed by atoms with Crippen molar-refractivity contribution < 1.29 is 14.3 Å². The van der Waals surface area contributed by atoms with Crippen LogP contribution in [0.15, 0.2) is 6.20 Å². The SMILES string of the molecule is CCOC(=O)c1c(C)ncc2c1COC2. The van der Waals surface area contributed by atoms with Gasteiger partial charge in [-0.05, 0) is 13.8 Å². The lowest BCUT2D eigenvalue weighted by molar-refractivity contribution is 0.0521. The first-order valence-electron chi connectivity index (χ1n) is 4.96. The number of hydrogen-bond donors (Lipinski definition) is 0. The summed E-state index contributed by atoms with van der Waals surface area (Å²) >= 11 is 0. The van der Waals surface area contributed by atoms with Gasteiger partial charge in [0.2, 0.25) is 0 Å². The van der Waals surface area contributed by atoms with E-state index in [1.165, 1.54) is 0 Å². The van der Waals surface area contributed by atoms with E-state index in [2.05, 4.69) is 4.98 Å². The van der Waals surface area contributed by atoms with Gasteiger partial charge in [-0.15, -0.1) is 0 Å². The van der Waals surface area contributed by atoms with Gasteiger partial charge < -0.3 is 9.47 Å². The smallest absolute Gasteiger partial charge is 0.340 e. The van der Waals surface area contributed by atoms with Gasteiger partial charge in [0.1, 0.15) is 0 Å². The van der Waals surface area contributed by atoms with Crippen molar-refractivity contribution >= 4 is 5.97 Å². The van der Waals surface area contributed by atoms with Crippen LogP contribution in [0, 0.1) is 6.92 Å². The average Bonchev–Trinajstić information content (AvgIpc) is 2.65. The van der Waals surface area contributed by atoms with Gasteiger partial charge in [0.15, 0.2) is 0 Å². The quantitative estimate of drug-likeness (QED) is 0.691. The number of aryl methyl sites for hydroxylation is 1. The fraction of sp³-hybridized carbons (Fsp3) is 0.455. The maximum Gasteiger partial charge on any atom is 0.340 e. The number of pyridine rings is 1. The second kappa shape index (κ2) is 3.98. The lowest BCUT2D eigenvalue weighted by atomic mass is 10.0. The second-order valence-corrected chi connectivity index (χ2v) is 3.44. The highest BCUT2D eigenvalue weighted by Crippen LogP contribution is 2.25. The van der Waals surface area contributed by atoms with Crippen LogP contribution in [0.25, 0.3) is 0 Å². The molecule has 4 heteroatoms. The molecular formula is C11H13NO3. The zero-order valence-corrected chi connectivity index (χ0v) is 8.87. The molecule has 1 aromatic rings. The third kappa shape index (κ3) is 1.72. The molecule has 0 fully saturated rings. The number of carbonyl (C=O) groups excluding carboxylic acids is 1. The van der Waals surface area contributed by atoms with Crippen LogP contribution >= 0.6 is 0 Å². The van der Waals surface area contributed by atoms with Crippen LogP contribution in [0.3, 0.4) is 0 Å². The van der Waals surface area contributed by atoms with Crippen molar-refractivity contribution in [3.8, 4) is 0 Å². The molecule has 2 heterocycles. The standard InChI is InChI=1S/C11H13NO3/c1-3-15-11(13)10-7(2)12-4-8-5-14-6-9(8)10/h4H,3,5-6H2,1-2H3. The molecule has 0 saturated heterocycles. The maximum absolute atomic E-state index is 11.7. The Labute approximate surface area is 88.2 Å². The number of nitrogens with zero attached hydrogens (tertiary/aromatic N) is 1. The monoisotopic (exact) mass is 207 g/mol. The second-order valence-electron chi connectivity index (χ2n) is 3.44. The molecule has 0 atom stereocenters. The molecule has 4 nitrogen and oxygen atoms in total. The van der Waals surface area contributed by atoms with E-state index in [-0.39, 0.29) is 5.97 Å². The molecule has 0 bridgehead atoms. The first-order valence-corrected chi connectivity index (χ1v) is 4.96. The van der Waals surface area contributed by atoms with Gasteiger partial charge in [-0.2, -0.15) is 0 Å². The third-order valence-electron chi connectivity index (χ3n) is 2.45. The van der Waals surface area contributed by atoms with Gasteiger partial charge in [-0.1, -0.05) is 0 Å². The van der Waals surface area contributed by atoms with Crippen LogP contribution in [0.4, 0.5) is 0 Å². The summed E-state index contributed by atoms with van der Waals surface area (Å²) in [5.74, 6) is -0.301. The van der Waals surface area contributed by atoms with Crippen LogP contribution < -0.4 is 0 Å². The minimum atomic E-state index is -0.301. The summed E-state index contributed by atoms with van der Waals surface area (Å²) in [4.78, 5) is 15.9. The third-order valence-corrected chi connectivity index (χ3v) is 2.45. The molecule has 0 unspecified atom stereocenters. The number of fused-ring (bicyclic) bond motifs is 1. The summed E-state index contributed by atoms with van der Waals surface area (Å²) in [6, 6.07) is 0. The largest absolute Gasteiger partial charge is 0.462 e. The molecule has 1 aromatic heterocycles. The Bertz CT molecular complexity index is 401. The van der Waals surface area contributed by atoms with Crippen LogP contribution in [0.2, 0.25) is 0 Å². The average molecular weight is 207 g/mol. The zero-order valence-electron chi connectivity index (χ0n) is 8.87. The fourth-order valence-electron chi connectivity index (χ4n) is 1.72. The van der Waals surface area contributed by atoms with Crippen molar-refractivity contribution in [3.05, 3.63) is 28.6 Å². The van der Waals surface area contributed by atoms with Gasteiger partial charge in [0.05, 0.1) is 31.1 Å². The van der Waals surface area contributed by atoms with E-state index in [0.29, 0.717) is 31.1 Å². The Morgan fingerprint density at radius 2 is 2.40 bits per heavy atom. The summed E-state index contributed by atoms with van der Waals surface area (Å²) in [5, 5.41) is 0. The van der Waals surface area contributed by atoms with Crippen LogP contribution in [-0.4, -0.2) is 17.6 Å². The van der Waals surface area contributed by atoms with E-state index in [1.54, 1.807) is 13.1 Å². The topological polar surface area (TPSA) is 48.4 Å². The minimum Gasteiger partial charge on any atom is -0.462 e. The number of ether oxygens (including phenoxy) is 2. The summed E-state index contributed by atoms with van der Waals surface area (Å²) in [6.45, 7) is 5.00. The Morgan fingerprint density at radius 3 is 3.13 bits per heavy atom. The van der Waals surface area contributed by atoms with E-state index in [0.717, 1.165) is 11.1 Å². The lowest BCUT2D eigenvalue weighted by Gasteiger charge is -2.08. The molecular weight excluding hydrogens is 194 g/mol. The van der Waals surface area contributed by atoms with Gasteiger partial charge in [-0.25, -0.2) is 4.79 Å². The molecule has 15 heavy (non-hydrogen) atoms. The number of esters is 1. The fourth-order valence-corrected chi connectivity index (χ4v) is 1.72. The number of hydrogen-bond acceptors (Lipinski definition) is 4. The highest BCUT2D eigenvalue weighted by atomic mass is 16.5. The van der Waals surface area contributed by atoms with Crippen molar-refractivity contribution in [1.82, 2.24) is 4.98 Å². The van der Waals surface area contributed by atoms with Gasteiger partial charge in [-0.3, -0.25) is 4.98 Å². The van der Waals surface area contributed by atoms with E-state index >= 15 is 0 Å². The molecule has 0 N–H and O–H groups in total. The summed E-state index contributed by atoms with van der Waals surface area (Å²) in [7, 11) is 0.